The lowest BCUT2D eigenvalue weighted by atomic mass is 10.2. The molecule has 0 atom stereocenters. The van der Waals surface area contributed by atoms with Crippen molar-refractivity contribution < 1.29 is 10.0 Å². The Labute approximate surface area is 147 Å². The van der Waals surface area contributed by atoms with Crippen molar-refractivity contribution in [2.75, 3.05) is 0 Å². The van der Waals surface area contributed by atoms with Crippen molar-refractivity contribution in [2.24, 2.45) is 0 Å². The van der Waals surface area contributed by atoms with Crippen LogP contribution < -0.4 is 0 Å². The summed E-state index contributed by atoms with van der Waals surface area (Å²) in [7, 11) is 0. The number of pyridine rings is 1. The first kappa shape index (κ1) is 16.7. The van der Waals surface area contributed by atoms with Crippen molar-refractivity contribution in [1.82, 2.24) is 19.7 Å². The van der Waals surface area contributed by atoms with Gasteiger partial charge in [0.05, 0.1) is 10.5 Å². The third-order valence-electron chi connectivity index (χ3n) is 3.31. The summed E-state index contributed by atoms with van der Waals surface area (Å²) in [6.45, 7) is 4.09. The van der Waals surface area contributed by atoms with Gasteiger partial charge < -0.3 is 5.11 Å². The first-order valence-electron chi connectivity index (χ1n) is 7.21. The van der Waals surface area contributed by atoms with Crippen LogP contribution in [0.5, 0.6) is 5.75 Å². The van der Waals surface area contributed by atoms with Crippen LogP contribution in [-0.2, 0) is 6.54 Å². The third-order valence-corrected chi connectivity index (χ3v) is 4.30. The summed E-state index contributed by atoms with van der Waals surface area (Å²) in [5.74, 6) is 0.514. The van der Waals surface area contributed by atoms with E-state index in [9.17, 15) is 15.2 Å². The molecule has 0 aliphatic heterocycles. The monoisotopic (exact) mass is 355 g/mol. The van der Waals surface area contributed by atoms with Gasteiger partial charge in [-0.05, 0) is 30.0 Å². The molecule has 8 nitrogen and oxygen atoms in total. The van der Waals surface area contributed by atoms with E-state index in [1.54, 1.807) is 34.9 Å². The summed E-state index contributed by atoms with van der Waals surface area (Å²) in [4.78, 5) is 14.7. The molecule has 2 heterocycles. The number of phenols is 1. The zero-order valence-electron chi connectivity index (χ0n) is 12.9. The number of aromatic nitrogens is 4. The Balaban J connectivity index is 2.05. The van der Waals surface area contributed by atoms with Gasteiger partial charge in [-0.15, -0.1) is 16.8 Å². The average molecular weight is 355 g/mol. The van der Waals surface area contributed by atoms with Crippen LogP contribution in [-0.4, -0.2) is 29.8 Å². The number of hydrogen-bond acceptors (Lipinski definition) is 7. The second kappa shape index (κ2) is 7.14. The minimum Gasteiger partial charge on any atom is -0.507 e. The van der Waals surface area contributed by atoms with E-state index in [0.29, 0.717) is 23.1 Å². The lowest BCUT2D eigenvalue weighted by molar-refractivity contribution is -0.388. The number of benzene rings is 1. The predicted octanol–water partition coefficient (Wildman–Crippen LogP) is 3.29. The maximum absolute atomic E-state index is 11.2. The van der Waals surface area contributed by atoms with Gasteiger partial charge in [0.1, 0.15) is 5.75 Å². The summed E-state index contributed by atoms with van der Waals surface area (Å²) < 4.78 is 1.71. The second-order valence-corrected chi connectivity index (χ2v) is 5.87. The maximum Gasteiger partial charge on any atom is 0.301 e. The second-order valence-electron chi connectivity index (χ2n) is 4.91. The van der Waals surface area contributed by atoms with Crippen molar-refractivity contribution in [3.8, 4) is 17.1 Å². The van der Waals surface area contributed by atoms with Crippen molar-refractivity contribution >= 4 is 17.4 Å². The Morgan fingerprint density at radius 2 is 2.08 bits per heavy atom. The summed E-state index contributed by atoms with van der Waals surface area (Å²) in [5, 5.41) is 30.1. The molecule has 3 aromatic rings. The van der Waals surface area contributed by atoms with Gasteiger partial charge in [0.25, 0.3) is 0 Å². The van der Waals surface area contributed by atoms with Crippen LogP contribution in [0.3, 0.4) is 0 Å². The van der Waals surface area contributed by atoms with Crippen LogP contribution in [0.4, 0.5) is 5.69 Å². The van der Waals surface area contributed by atoms with Gasteiger partial charge in [0, 0.05) is 18.8 Å². The maximum atomic E-state index is 11.2. The molecule has 0 fully saturated rings. The van der Waals surface area contributed by atoms with Crippen LogP contribution in [0.2, 0.25) is 0 Å². The smallest absolute Gasteiger partial charge is 0.301 e. The summed E-state index contributed by atoms with van der Waals surface area (Å²) >= 11 is 1.04. The van der Waals surface area contributed by atoms with Crippen molar-refractivity contribution in [1.29, 1.82) is 0 Å². The van der Waals surface area contributed by atoms with E-state index in [0.717, 1.165) is 11.8 Å². The van der Waals surface area contributed by atoms with E-state index < -0.39 is 4.92 Å². The van der Waals surface area contributed by atoms with Gasteiger partial charge in [-0.2, -0.15) is 0 Å². The third kappa shape index (κ3) is 3.36. The number of allylic oxidation sites excluding steroid dienone is 1. The SMILES string of the molecule is C=CCn1c(Sc2ncccc2[N+](=O)[O-])nnc1-c1ccccc1O. The number of nitro groups is 1. The Kier molecular flexibility index (Phi) is 4.75. The number of phenolic OH excluding ortho intramolecular Hbond substituents is 1. The molecule has 25 heavy (non-hydrogen) atoms. The molecule has 0 amide bonds. The molecule has 0 spiro atoms. The fourth-order valence-corrected chi connectivity index (χ4v) is 3.09. The molecular weight excluding hydrogens is 342 g/mol. The lowest BCUT2D eigenvalue weighted by Crippen LogP contribution is -2.01. The predicted molar refractivity (Wildman–Crippen MR) is 92.3 cm³/mol. The number of aromatic hydroxyl groups is 1. The quantitative estimate of drug-likeness (QED) is 0.411. The molecule has 9 heteroatoms. The zero-order chi connectivity index (χ0) is 17.8. The summed E-state index contributed by atoms with van der Waals surface area (Å²) in [6.07, 6.45) is 3.14. The number of nitrogens with zero attached hydrogens (tertiary/aromatic N) is 5. The molecular formula is C16H13N5O3S. The molecule has 3 rings (SSSR count). The van der Waals surface area contributed by atoms with Gasteiger partial charge in [0.2, 0.25) is 0 Å². The molecule has 0 aliphatic rings. The highest BCUT2D eigenvalue weighted by atomic mass is 32.2. The van der Waals surface area contributed by atoms with Crippen LogP contribution >= 0.6 is 11.8 Å². The zero-order valence-corrected chi connectivity index (χ0v) is 13.8. The Morgan fingerprint density at radius 1 is 1.28 bits per heavy atom. The molecule has 126 valence electrons. The number of para-hydroxylation sites is 1. The summed E-state index contributed by atoms with van der Waals surface area (Å²) in [6, 6.07) is 9.64. The Hall–Kier alpha value is -3.20. The van der Waals surface area contributed by atoms with E-state index in [-0.39, 0.29) is 16.5 Å². The Morgan fingerprint density at radius 3 is 2.80 bits per heavy atom. The van der Waals surface area contributed by atoms with Crippen LogP contribution in [0.15, 0.2) is 65.4 Å². The molecule has 0 aliphatic carbocycles. The van der Waals surface area contributed by atoms with E-state index in [4.69, 9.17) is 0 Å². The first-order valence-corrected chi connectivity index (χ1v) is 8.03. The minimum absolute atomic E-state index is 0.0700. The number of rotatable bonds is 6. The van der Waals surface area contributed by atoms with Gasteiger partial charge in [0.15, 0.2) is 16.0 Å². The van der Waals surface area contributed by atoms with Crippen molar-refractivity contribution in [3.05, 3.63) is 65.4 Å². The molecule has 0 saturated heterocycles. The van der Waals surface area contributed by atoms with Crippen LogP contribution in [0.25, 0.3) is 11.4 Å². The molecule has 0 saturated carbocycles. The van der Waals surface area contributed by atoms with E-state index in [2.05, 4.69) is 21.8 Å². The molecule has 0 unspecified atom stereocenters. The minimum atomic E-state index is -0.493. The van der Waals surface area contributed by atoms with Gasteiger partial charge in [-0.25, -0.2) is 4.98 Å². The standard InChI is InChI=1S/C16H13N5O3S/c1-2-10-20-14(11-6-3-4-8-13(11)22)18-19-16(20)25-15-12(21(23)24)7-5-9-17-15/h2-9,22H,1,10H2. The fourth-order valence-electron chi connectivity index (χ4n) is 2.21. The van der Waals surface area contributed by atoms with E-state index >= 15 is 0 Å². The molecule has 0 radical (unpaired) electrons. The topological polar surface area (TPSA) is 107 Å². The van der Waals surface area contributed by atoms with E-state index in [1.165, 1.54) is 18.3 Å². The average Bonchev–Trinajstić information content (AvgIpc) is 2.98. The Bertz CT molecular complexity index is 941. The van der Waals surface area contributed by atoms with Gasteiger partial charge in [-0.1, -0.05) is 18.2 Å². The fraction of sp³-hybridized carbons (Fsp3) is 0.0625. The summed E-state index contributed by atoms with van der Waals surface area (Å²) in [5.41, 5.74) is 0.406. The normalized spacial score (nSPS) is 10.6. The molecule has 2 aromatic heterocycles. The van der Waals surface area contributed by atoms with Crippen LogP contribution in [0.1, 0.15) is 0 Å². The van der Waals surface area contributed by atoms with Gasteiger partial charge in [-0.3, -0.25) is 14.7 Å². The van der Waals surface area contributed by atoms with Crippen molar-refractivity contribution in [2.45, 2.75) is 16.7 Å². The largest absolute Gasteiger partial charge is 0.507 e. The first-order chi connectivity index (χ1) is 12.1. The lowest BCUT2D eigenvalue weighted by Gasteiger charge is -2.08. The van der Waals surface area contributed by atoms with Crippen LogP contribution in [0, 0.1) is 10.1 Å². The molecule has 0 bridgehead atoms. The van der Waals surface area contributed by atoms with Crippen molar-refractivity contribution in [3.63, 3.8) is 0 Å². The van der Waals surface area contributed by atoms with E-state index in [1.807, 2.05) is 0 Å². The highest BCUT2D eigenvalue weighted by Gasteiger charge is 2.21. The van der Waals surface area contributed by atoms with Gasteiger partial charge >= 0.3 is 5.69 Å². The molecule has 1 aromatic carbocycles. The number of hydrogen-bond donors (Lipinski definition) is 1. The molecule has 1 N–H and O–H groups in total. The highest BCUT2D eigenvalue weighted by molar-refractivity contribution is 7.99. The highest BCUT2D eigenvalue weighted by Crippen LogP contribution is 2.35.